The fourth-order valence-corrected chi connectivity index (χ4v) is 1.06. The van der Waals surface area contributed by atoms with Crippen molar-refractivity contribution in [2.75, 3.05) is 5.75 Å². The maximum atomic E-state index is 11.5. The van der Waals surface area contributed by atoms with E-state index in [0.29, 0.717) is 0 Å². The fraction of sp³-hybridized carbons (Fsp3) is 0.833. The first-order valence-corrected chi connectivity index (χ1v) is 4.10. The molecule has 0 amide bonds. The Kier molecular flexibility index (Phi) is 4.56. The molecule has 1 nitrogen and oxygen atoms in total. The lowest BCUT2D eigenvalue weighted by Gasteiger charge is -2.03. The molecular weight excluding hydrogens is 177 g/mol. The lowest BCUT2D eigenvalue weighted by molar-refractivity contribution is -0.134. The van der Waals surface area contributed by atoms with Crippen molar-refractivity contribution in [2.24, 2.45) is 0 Å². The summed E-state index contributed by atoms with van der Waals surface area (Å²) in [4.78, 5) is 10.2. The van der Waals surface area contributed by atoms with E-state index in [-0.39, 0.29) is 17.3 Å². The lowest BCUT2D eigenvalue weighted by atomic mass is 10.3. The van der Waals surface area contributed by atoms with Gasteiger partial charge in [-0.2, -0.15) is 13.2 Å². The van der Waals surface area contributed by atoms with Crippen LogP contribution in [0, 0.1) is 0 Å². The number of carbonyl (C=O) groups excluding carboxylic acids is 1. The van der Waals surface area contributed by atoms with Crippen LogP contribution in [0.4, 0.5) is 13.2 Å². The summed E-state index contributed by atoms with van der Waals surface area (Å²) >= 11 is 0.933. The van der Waals surface area contributed by atoms with Gasteiger partial charge in [-0.3, -0.25) is 4.79 Å². The van der Waals surface area contributed by atoms with Gasteiger partial charge in [-0.15, -0.1) is 0 Å². The zero-order chi connectivity index (χ0) is 8.91. The SMILES string of the molecule is CC(=O)SCCCC(F)(F)F. The minimum Gasteiger partial charge on any atom is -0.288 e. The van der Waals surface area contributed by atoms with Crippen LogP contribution in [0.15, 0.2) is 0 Å². The predicted octanol–water partition coefficient (Wildman–Crippen LogP) is 2.61. The number of thioether (sulfide) groups is 1. The van der Waals surface area contributed by atoms with Gasteiger partial charge < -0.3 is 0 Å². The molecule has 0 aromatic carbocycles. The van der Waals surface area contributed by atoms with E-state index in [1.54, 1.807) is 0 Å². The topological polar surface area (TPSA) is 17.1 Å². The predicted molar refractivity (Wildman–Crippen MR) is 38.4 cm³/mol. The second-order valence-electron chi connectivity index (χ2n) is 2.06. The zero-order valence-electron chi connectivity index (χ0n) is 6.07. The van der Waals surface area contributed by atoms with Crippen molar-refractivity contribution in [3.8, 4) is 0 Å². The molecule has 66 valence electrons. The van der Waals surface area contributed by atoms with E-state index in [4.69, 9.17) is 0 Å². The van der Waals surface area contributed by atoms with Gasteiger partial charge in [0.05, 0.1) is 0 Å². The van der Waals surface area contributed by atoms with Gasteiger partial charge in [0.25, 0.3) is 0 Å². The highest BCUT2D eigenvalue weighted by atomic mass is 32.2. The molecule has 0 saturated heterocycles. The average molecular weight is 186 g/mol. The largest absolute Gasteiger partial charge is 0.389 e. The van der Waals surface area contributed by atoms with Crippen molar-refractivity contribution in [1.29, 1.82) is 0 Å². The summed E-state index contributed by atoms with van der Waals surface area (Å²) in [7, 11) is 0. The molecule has 11 heavy (non-hydrogen) atoms. The molecule has 0 rings (SSSR count). The van der Waals surface area contributed by atoms with Crippen LogP contribution in [-0.4, -0.2) is 17.0 Å². The molecule has 0 aromatic heterocycles. The zero-order valence-corrected chi connectivity index (χ0v) is 6.89. The van der Waals surface area contributed by atoms with E-state index in [1.807, 2.05) is 0 Å². The van der Waals surface area contributed by atoms with Crippen molar-refractivity contribution >= 4 is 16.9 Å². The first kappa shape index (κ1) is 10.8. The molecule has 0 spiro atoms. The Balaban J connectivity index is 3.22. The minimum atomic E-state index is -4.09. The molecule has 0 aliphatic carbocycles. The van der Waals surface area contributed by atoms with E-state index in [2.05, 4.69) is 0 Å². The maximum absolute atomic E-state index is 11.5. The summed E-state index contributed by atoms with van der Waals surface area (Å²) in [5, 5.41) is -0.132. The summed E-state index contributed by atoms with van der Waals surface area (Å²) in [6, 6.07) is 0. The van der Waals surface area contributed by atoms with E-state index >= 15 is 0 Å². The maximum Gasteiger partial charge on any atom is 0.389 e. The van der Waals surface area contributed by atoms with E-state index in [9.17, 15) is 18.0 Å². The smallest absolute Gasteiger partial charge is 0.288 e. The van der Waals surface area contributed by atoms with Gasteiger partial charge in [-0.05, 0) is 6.42 Å². The number of alkyl halides is 3. The normalized spacial score (nSPS) is 11.6. The molecule has 0 saturated carbocycles. The van der Waals surface area contributed by atoms with Gasteiger partial charge in [-0.1, -0.05) is 11.8 Å². The van der Waals surface area contributed by atoms with Gasteiger partial charge in [0.15, 0.2) is 5.12 Å². The minimum absolute atomic E-state index is 0.0216. The van der Waals surface area contributed by atoms with Crippen LogP contribution >= 0.6 is 11.8 Å². The van der Waals surface area contributed by atoms with Crippen LogP contribution in [0.3, 0.4) is 0 Å². The molecule has 0 aromatic rings. The van der Waals surface area contributed by atoms with Crippen molar-refractivity contribution in [1.82, 2.24) is 0 Å². The van der Waals surface area contributed by atoms with Gasteiger partial charge in [-0.25, -0.2) is 0 Å². The molecule has 0 atom stereocenters. The van der Waals surface area contributed by atoms with Crippen molar-refractivity contribution in [3.63, 3.8) is 0 Å². The second kappa shape index (κ2) is 4.64. The Morgan fingerprint density at radius 3 is 2.36 bits per heavy atom. The molecule has 0 N–H and O–H groups in total. The molecule has 0 aliphatic rings. The van der Waals surface area contributed by atoms with Crippen LogP contribution in [-0.2, 0) is 4.79 Å². The first-order valence-electron chi connectivity index (χ1n) is 3.12. The lowest BCUT2D eigenvalue weighted by Crippen LogP contribution is -2.07. The van der Waals surface area contributed by atoms with Gasteiger partial charge >= 0.3 is 6.18 Å². The Labute approximate surface area is 67.3 Å². The van der Waals surface area contributed by atoms with Crippen molar-refractivity contribution in [2.45, 2.75) is 25.9 Å². The summed E-state index contributed by atoms with van der Waals surface area (Å²) in [6.07, 6.45) is -4.86. The molecule has 0 fully saturated rings. The van der Waals surface area contributed by atoms with E-state index in [1.165, 1.54) is 6.92 Å². The number of hydrogen-bond donors (Lipinski definition) is 0. The monoisotopic (exact) mass is 186 g/mol. The van der Waals surface area contributed by atoms with Crippen LogP contribution in [0.5, 0.6) is 0 Å². The summed E-state index contributed by atoms with van der Waals surface area (Å²) in [5.74, 6) is 0.259. The Hall–Kier alpha value is -0.190. The van der Waals surface area contributed by atoms with Gasteiger partial charge in [0.2, 0.25) is 0 Å². The van der Waals surface area contributed by atoms with Crippen molar-refractivity contribution < 1.29 is 18.0 Å². The van der Waals surface area contributed by atoms with Crippen LogP contribution in [0.25, 0.3) is 0 Å². The average Bonchev–Trinajstić information content (AvgIpc) is 1.78. The molecule has 0 unspecified atom stereocenters. The number of halogens is 3. The number of carbonyl (C=O) groups is 1. The van der Waals surface area contributed by atoms with Crippen LogP contribution < -0.4 is 0 Å². The molecule has 0 radical (unpaired) electrons. The molecule has 5 heteroatoms. The summed E-state index contributed by atoms with van der Waals surface area (Å²) in [6.45, 7) is 1.35. The van der Waals surface area contributed by atoms with Crippen LogP contribution in [0.1, 0.15) is 19.8 Å². The third-order valence-electron chi connectivity index (χ3n) is 0.910. The van der Waals surface area contributed by atoms with Crippen LogP contribution in [0.2, 0.25) is 0 Å². The third-order valence-corrected chi connectivity index (χ3v) is 1.81. The highest BCUT2D eigenvalue weighted by molar-refractivity contribution is 8.13. The summed E-state index contributed by atoms with van der Waals surface area (Å²) in [5.41, 5.74) is 0. The summed E-state index contributed by atoms with van der Waals surface area (Å²) < 4.78 is 34.5. The Morgan fingerprint density at radius 2 is 2.00 bits per heavy atom. The Morgan fingerprint density at radius 1 is 1.45 bits per heavy atom. The molecule has 0 bridgehead atoms. The molecule has 0 heterocycles. The number of hydrogen-bond acceptors (Lipinski definition) is 2. The van der Waals surface area contributed by atoms with Crippen molar-refractivity contribution in [3.05, 3.63) is 0 Å². The highest BCUT2D eigenvalue weighted by Crippen LogP contribution is 2.22. The molecule has 0 aliphatic heterocycles. The third kappa shape index (κ3) is 9.81. The first-order chi connectivity index (χ1) is 4.92. The van der Waals surface area contributed by atoms with E-state index in [0.717, 1.165) is 11.8 Å². The highest BCUT2D eigenvalue weighted by Gasteiger charge is 2.25. The number of rotatable bonds is 3. The molecular formula is C6H9F3OS. The Bertz CT molecular complexity index is 132. The quantitative estimate of drug-likeness (QED) is 0.630. The van der Waals surface area contributed by atoms with E-state index < -0.39 is 12.6 Å². The van der Waals surface area contributed by atoms with Gasteiger partial charge in [0, 0.05) is 19.1 Å². The fourth-order valence-electron chi connectivity index (χ4n) is 0.489. The standard InChI is InChI=1S/C6H9F3OS/c1-5(10)11-4-2-3-6(7,8)9/h2-4H2,1H3. The van der Waals surface area contributed by atoms with Gasteiger partial charge in [0.1, 0.15) is 0 Å². The second-order valence-corrected chi connectivity index (χ2v) is 3.33.